The summed E-state index contributed by atoms with van der Waals surface area (Å²) in [7, 11) is 0. The highest BCUT2D eigenvalue weighted by Gasteiger charge is 2.20. The molecule has 14 heavy (non-hydrogen) atoms. The standard InChI is InChI=1S/C12H17NO/c1-9(2)13-6-5-11-4-3-10(8-14)7-12(11)13/h3-4,7,9,14H,5-6,8H2,1-2H3. The van der Waals surface area contributed by atoms with Gasteiger partial charge in [-0.3, -0.25) is 0 Å². The average Bonchev–Trinajstić information content (AvgIpc) is 2.59. The number of fused-ring (bicyclic) bond motifs is 1. The van der Waals surface area contributed by atoms with Crippen LogP contribution in [0.3, 0.4) is 0 Å². The predicted molar refractivity (Wildman–Crippen MR) is 58.6 cm³/mol. The van der Waals surface area contributed by atoms with Crippen LogP contribution in [0.1, 0.15) is 25.0 Å². The van der Waals surface area contributed by atoms with Crippen LogP contribution in [0.5, 0.6) is 0 Å². The van der Waals surface area contributed by atoms with E-state index in [4.69, 9.17) is 5.11 Å². The molecule has 0 bridgehead atoms. The van der Waals surface area contributed by atoms with Crippen molar-refractivity contribution in [2.45, 2.75) is 32.9 Å². The molecule has 0 amide bonds. The number of aliphatic hydroxyl groups is 1. The second-order valence-electron chi connectivity index (χ2n) is 4.16. The molecule has 1 aliphatic rings. The van der Waals surface area contributed by atoms with Gasteiger partial charge in [0.1, 0.15) is 0 Å². The number of nitrogens with zero attached hydrogens (tertiary/aromatic N) is 1. The first-order chi connectivity index (χ1) is 6.72. The summed E-state index contributed by atoms with van der Waals surface area (Å²) in [6.45, 7) is 5.67. The molecule has 1 aliphatic heterocycles. The molecule has 0 radical (unpaired) electrons. The van der Waals surface area contributed by atoms with Crippen LogP contribution >= 0.6 is 0 Å². The van der Waals surface area contributed by atoms with Crippen molar-refractivity contribution >= 4 is 5.69 Å². The molecule has 1 N–H and O–H groups in total. The zero-order valence-corrected chi connectivity index (χ0v) is 8.83. The van der Waals surface area contributed by atoms with Gasteiger partial charge in [-0.1, -0.05) is 12.1 Å². The number of anilines is 1. The molecule has 0 unspecified atom stereocenters. The van der Waals surface area contributed by atoms with Crippen LogP contribution in [0, 0.1) is 0 Å². The van der Waals surface area contributed by atoms with Gasteiger partial charge >= 0.3 is 0 Å². The number of hydrogen-bond donors (Lipinski definition) is 1. The maximum Gasteiger partial charge on any atom is 0.0682 e. The summed E-state index contributed by atoms with van der Waals surface area (Å²) >= 11 is 0. The minimum absolute atomic E-state index is 0.138. The molecule has 0 aliphatic carbocycles. The summed E-state index contributed by atoms with van der Waals surface area (Å²) in [6, 6.07) is 6.82. The molecule has 0 spiro atoms. The van der Waals surface area contributed by atoms with E-state index in [-0.39, 0.29) is 6.61 Å². The summed E-state index contributed by atoms with van der Waals surface area (Å²) in [6.07, 6.45) is 1.14. The Morgan fingerprint density at radius 3 is 2.86 bits per heavy atom. The first-order valence-electron chi connectivity index (χ1n) is 5.21. The van der Waals surface area contributed by atoms with Crippen LogP contribution in [0.15, 0.2) is 18.2 Å². The van der Waals surface area contributed by atoms with Gasteiger partial charge in [-0.2, -0.15) is 0 Å². The quantitative estimate of drug-likeness (QED) is 0.772. The lowest BCUT2D eigenvalue weighted by Crippen LogP contribution is -2.28. The largest absolute Gasteiger partial charge is 0.392 e. The van der Waals surface area contributed by atoms with Crippen molar-refractivity contribution in [1.82, 2.24) is 0 Å². The Morgan fingerprint density at radius 1 is 1.43 bits per heavy atom. The van der Waals surface area contributed by atoms with Gasteiger partial charge in [0.2, 0.25) is 0 Å². The van der Waals surface area contributed by atoms with Crippen molar-refractivity contribution in [1.29, 1.82) is 0 Å². The number of benzene rings is 1. The predicted octanol–water partition coefficient (Wildman–Crippen LogP) is 1.95. The van der Waals surface area contributed by atoms with Gasteiger partial charge in [-0.25, -0.2) is 0 Å². The minimum atomic E-state index is 0.138. The number of hydrogen-bond acceptors (Lipinski definition) is 2. The van der Waals surface area contributed by atoms with Crippen LogP contribution < -0.4 is 4.90 Å². The van der Waals surface area contributed by atoms with Gasteiger partial charge in [0.25, 0.3) is 0 Å². The van der Waals surface area contributed by atoms with Crippen molar-refractivity contribution in [2.24, 2.45) is 0 Å². The van der Waals surface area contributed by atoms with Crippen molar-refractivity contribution in [3.05, 3.63) is 29.3 Å². The third-order valence-corrected chi connectivity index (χ3v) is 2.89. The number of rotatable bonds is 2. The van der Waals surface area contributed by atoms with Gasteiger partial charge in [0.15, 0.2) is 0 Å². The Hall–Kier alpha value is -1.02. The van der Waals surface area contributed by atoms with E-state index in [1.54, 1.807) is 0 Å². The zero-order valence-electron chi connectivity index (χ0n) is 8.83. The van der Waals surface area contributed by atoms with E-state index in [9.17, 15) is 0 Å². The molecule has 1 aromatic carbocycles. The molecule has 2 heteroatoms. The highest BCUT2D eigenvalue weighted by atomic mass is 16.3. The SMILES string of the molecule is CC(C)N1CCc2ccc(CO)cc21. The smallest absolute Gasteiger partial charge is 0.0682 e. The normalized spacial score (nSPS) is 15.0. The topological polar surface area (TPSA) is 23.5 Å². The molecule has 2 nitrogen and oxygen atoms in total. The van der Waals surface area contributed by atoms with Crippen molar-refractivity contribution in [3.8, 4) is 0 Å². The van der Waals surface area contributed by atoms with Crippen molar-refractivity contribution < 1.29 is 5.11 Å². The maximum absolute atomic E-state index is 9.08. The van der Waals surface area contributed by atoms with E-state index in [1.807, 2.05) is 6.07 Å². The summed E-state index contributed by atoms with van der Waals surface area (Å²) in [5.41, 5.74) is 3.73. The Morgan fingerprint density at radius 2 is 2.21 bits per heavy atom. The molecule has 0 saturated heterocycles. The summed E-state index contributed by atoms with van der Waals surface area (Å²) < 4.78 is 0. The van der Waals surface area contributed by atoms with E-state index >= 15 is 0 Å². The Balaban J connectivity index is 2.37. The first-order valence-corrected chi connectivity index (χ1v) is 5.21. The monoisotopic (exact) mass is 191 g/mol. The van der Waals surface area contributed by atoms with E-state index in [2.05, 4.69) is 30.9 Å². The molecule has 0 atom stereocenters. The van der Waals surface area contributed by atoms with E-state index in [1.165, 1.54) is 11.3 Å². The van der Waals surface area contributed by atoms with Crippen LogP contribution in [0.4, 0.5) is 5.69 Å². The van der Waals surface area contributed by atoms with Crippen LogP contribution in [0.2, 0.25) is 0 Å². The number of aliphatic hydroxyl groups excluding tert-OH is 1. The molecular weight excluding hydrogens is 174 g/mol. The first kappa shape index (κ1) is 9.53. The fourth-order valence-corrected chi connectivity index (χ4v) is 2.08. The van der Waals surface area contributed by atoms with E-state index in [0.717, 1.165) is 18.5 Å². The van der Waals surface area contributed by atoms with Gasteiger partial charge in [-0.15, -0.1) is 0 Å². The lowest BCUT2D eigenvalue weighted by Gasteiger charge is -2.24. The van der Waals surface area contributed by atoms with Gasteiger partial charge in [0.05, 0.1) is 6.61 Å². The molecule has 0 saturated carbocycles. The van der Waals surface area contributed by atoms with E-state index < -0.39 is 0 Å². The van der Waals surface area contributed by atoms with Crippen LogP contribution in [-0.2, 0) is 13.0 Å². The third-order valence-electron chi connectivity index (χ3n) is 2.89. The lowest BCUT2D eigenvalue weighted by molar-refractivity contribution is 0.282. The van der Waals surface area contributed by atoms with Crippen LogP contribution in [0.25, 0.3) is 0 Å². The Bertz CT molecular complexity index is 333. The molecule has 0 fully saturated rings. The second-order valence-corrected chi connectivity index (χ2v) is 4.16. The van der Waals surface area contributed by atoms with Gasteiger partial charge < -0.3 is 10.0 Å². The second kappa shape index (κ2) is 3.62. The molecule has 1 heterocycles. The zero-order chi connectivity index (χ0) is 10.1. The fourth-order valence-electron chi connectivity index (χ4n) is 2.08. The fraction of sp³-hybridized carbons (Fsp3) is 0.500. The third kappa shape index (κ3) is 1.50. The van der Waals surface area contributed by atoms with Gasteiger partial charge in [-0.05, 0) is 37.5 Å². The van der Waals surface area contributed by atoms with Crippen molar-refractivity contribution in [3.63, 3.8) is 0 Å². The maximum atomic E-state index is 9.08. The summed E-state index contributed by atoms with van der Waals surface area (Å²) in [5.74, 6) is 0. The summed E-state index contributed by atoms with van der Waals surface area (Å²) in [5, 5.41) is 9.08. The van der Waals surface area contributed by atoms with E-state index in [0.29, 0.717) is 6.04 Å². The minimum Gasteiger partial charge on any atom is -0.392 e. The molecule has 76 valence electrons. The Kier molecular flexibility index (Phi) is 2.46. The molecule has 0 aromatic heterocycles. The van der Waals surface area contributed by atoms with Crippen molar-refractivity contribution in [2.75, 3.05) is 11.4 Å². The Labute approximate surface area is 85.2 Å². The van der Waals surface area contributed by atoms with Crippen LogP contribution in [-0.4, -0.2) is 17.7 Å². The highest BCUT2D eigenvalue weighted by molar-refractivity contribution is 5.60. The highest BCUT2D eigenvalue weighted by Crippen LogP contribution is 2.30. The van der Waals surface area contributed by atoms with Gasteiger partial charge in [0, 0.05) is 18.3 Å². The average molecular weight is 191 g/mol. The lowest BCUT2D eigenvalue weighted by atomic mass is 10.1. The molecule has 2 rings (SSSR count). The molecule has 1 aromatic rings. The molecular formula is C12H17NO. The summed E-state index contributed by atoms with van der Waals surface area (Å²) in [4.78, 5) is 2.40.